The zero-order chi connectivity index (χ0) is 22.1. The van der Waals surface area contributed by atoms with Gasteiger partial charge in [-0.25, -0.2) is 4.52 Å². The predicted octanol–water partition coefficient (Wildman–Crippen LogP) is 5.37. The zero-order valence-electron chi connectivity index (χ0n) is 19.3. The number of hydrogen-bond donors (Lipinski definition) is 1. The van der Waals surface area contributed by atoms with Crippen LogP contribution in [0.25, 0.3) is 16.8 Å². The molecular formula is C26H32N6. The van der Waals surface area contributed by atoms with E-state index in [0.717, 1.165) is 37.0 Å². The number of unbranched alkanes of at least 4 members (excludes halogenated alkanes) is 2. The number of aryl methyl sites for hydroxylation is 3. The molecule has 6 nitrogen and oxygen atoms in total. The van der Waals surface area contributed by atoms with E-state index in [1.54, 1.807) is 0 Å². The molecule has 32 heavy (non-hydrogen) atoms. The minimum absolute atomic E-state index is 0.331. The largest absolute Gasteiger partial charge is 0.350 e. The minimum Gasteiger partial charge on any atom is -0.350 e. The van der Waals surface area contributed by atoms with Crippen molar-refractivity contribution in [1.29, 1.82) is 0 Å². The van der Waals surface area contributed by atoms with Crippen molar-refractivity contribution in [3.63, 3.8) is 0 Å². The van der Waals surface area contributed by atoms with Crippen LogP contribution >= 0.6 is 0 Å². The average molecular weight is 429 g/mol. The molecule has 3 heterocycles. The summed E-state index contributed by atoms with van der Waals surface area (Å²) in [7, 11) is 0. The van der Waals surface area contributed by atoms with Gasteiger partial charge >= 0.3 is 0 Å². The molecule has 0 fully saturated rings. The molecule has 0 amide bonds. The van der Waals surface area contributed by atoms with Gasteiger partial charge in [0, 0.05) is 30.0 Å². The second kappa shape index (κ2) is 8.77. The third kappa shape index (κ3) is 4.01. The summed E-state index contributed by atoms with van der Waals surface area (Å²) >= 11 is 0. The molecule has 1 aliphatic rings. The number of aromatic nitrogens is 5. The van der Waals surface area contributed by atoms with Gasteiger partial charge in [-0.2, -0.15) is 10.1 Å². The van der Waals surface area contributed by atoms with Gasteiger partial charge in [-0.15, -0.1) is 5.10 Å². The van der Waals surface area contributed by atoms with Gasteiger partial charge in [0.2, 0.25) is 5.95 Å². The highest BCUT2D eigenvalue weighted by atomic mass is 15.3. The van der Waals surface area contributed by atoms with Crippen LogP contribution in [-0.2, 0) is 19.4 Å². The van der Waals surface area contributed by atoms with E-state index >= 15 is 0 Å². The summed E-state index contributed by atoms with van der Waals surface area (Å²) in [5.41, 5.74) is 8.52. The maximum absolute atomic E-state index is 4.88. The van der Waals surface area contributed by atoms with Crippen LogP contribution in [0.2, 0.25) is 0 Å². The second-order valence-corrected chi connectivity index (χ2v) is 9.07. The van der Waals surface area contributed by atoms with Gasteiger partial charge in [-0.3, -0.25) is 4.68 Å². The van der Waals surface area contributed by atoms with Gasteiger partial charge in [0.25, 0.3) is 0 Å². The molecule has 0 spiro atoms. The Hall–Kier alpha value is -3.15. The highest BCUT2D eigenvalue weighted by Crippen LogP contribution is 2.29. The molecule has 0 saturated carbocycles. The van der Waals surface area contributed by atoms with Crippen LogP contribution in [0.3, 0.4) is 0 Å². The summed E-state index contributed by atoms with van der Waals surface area (Å²) in [6, 6.07) is 11.1. The fraction of sp³-hybridized carbons (Fsp3) is 0.423. The Morgan fingerprint density at radius 1 is 1.12 bits per heavy atom. The monoisotopic (exact) mass is 428 g/mol. The molecule has 6 heteroatoms. The van der Waals surface area contributed by atoms with Crippen molar-refractivity contribution in [2.24, 2.45) is 0 Å². The maximum Gasteiger partial charge on any atom is 0.243 e. The molecule has 0 bridgehead atoms. The number of pyridine rings is 1. The minimum atomic E-state index is 0.331. The summed E-state index contributed by atoms with van der Waals surface area (Å²) < 4.78 is 4.11. The standard InChI is InChI=1S/C26H32N6/c1-4-5-6-13-31-24-12-10-21(16-20(24)17-27-31)28-26-29-25-23(8-7-14-32(25)30-26)22-11-9-18(2)15-19(22)3/h7-9,11,14-15,17,21H,4-6,10,12-13,16H2,1-3H3,(H,28,30). The van der Waals surface area contributed by atoms with Gasteiger partial charge < -0.3 is 5.32 Å². The first-order valence-electron chi connectivity index (χ1n) is 11.9. The van der Waals surface area contributed by atoms with E-state index in [0.29, 0.717) is 12.0 Å². The van der Waals surface area contributed by atoms with Crippen LogP contribution in [0.5, 0.6) is 0 Å². The lowest BCUT2D eigenvalue weighted by atomic mass is 9.93. The molecule has 3 aromatic heterocycles. The third-order valence-electron chi connectivity index (χ3n) is 6.57. The Bertz CT molecular complexity index is 1230. The Morgan fingerprint density at radius 2 is 2.03 bits per heavy atom. The van der Waals surface area contributed by atoms with Crippen molar-refractivity contribution >= 4 is 11.6 Å². The number of rotatable bonds is 7. The molecule has 0 aliphatic heterocycles. The van der Waals surface area contributed by atoms with Crippen molar-refractivity contribution in [1.82, 2.24) is 24.4 Å². The van der Waals surface area contributed by atoms with E-state index in [-0.39, 0.29) is 0 Å². The number of anilines is 1. The summed E-state index contributed by atoms with van der Waals surface area (Å²) in [6.45, 7) is 7.56. The summed E-state index contributed by atoms with van der Waals surface area (Å²) in [4.78, 5) is 4.88. The maximum atomic E-state index is 4.88. The van der Waals surface area contributed by atoms with Crippen molar-refractivity contribution in [2.45, 2.75) is 71.9 Å². The normalized spacial score (nSPS) is 15.8. The fourth-order valence-corrected chi connectivity index (χ4v) is 4.89. The molecule has 1 unspecified atom stereocenters. The first kappa shape index (κ1) is 20.7. The van der Waals surface area contributed by atoms with Crippen LogP contribution in [0.1, 0.15) is 55.0 Å². The molecule has 0 saturated heterocycles. The third-order valence-corrected chi connectivity index (χ3v) is 6.57. The van der Waals surface area contributed by atoms with Crippen molar-refractivity contribution < 1.29 is 0 Å². The number of fused-ring (bicyclic) bond motifs is 2. The van der Waals surface area contributed by atoms with E-state index in [2.05, 4.69) is 66.3 Å². The molecule has 1 aliphatic carbocycles. The summed E-state index contributed by atoms with van der Waals surface area (Å²) in [5, 5.41) is 13.0. The Morgan fingerprint density at radius 3 is 2.88 bits per heavy atom. The topological polar surface area (TPSA) is 60.0 Å². The SMILES string of the molecule is CCCCCn1ncc2c1CCC(Nc1nc3c(-c4ccc(C)cc4C)cccn3n1)C2. The molecule has 1 aromatic carbocycles. The lowest BCUT2D eigenvalue weighted by Crippen LogP contribution is -2.28. The van der Waals surface area contributed by atoms with Gasteiger partial charge in [0.1, 0.15) is 0 Å². The molecule has 1 N–H and O–H groups in total. The lowest BCUT2D eigenvalue weighted by molar-refractivity contribution is 0.509. The summed E-state index contributed by atoms with van der Waals surface area (Å²) in [5.74, 6) is 0.700. The van der Waals surface area contributed by atoms with E-state index in [4.69, 9.17) is 10.1 Å². The second-order valence-electron chi connectivity index (χ2n) is 9.07. The van der Waals surface area contributed by atoms with Gasteiger partial charge in [0.05, 0.1) is 6.20 Å². The number of nitrogens with one attached hydrogen (secondary N) is 1. The highest BCUT2D eigenvalue weighted by Gasteiger charge is 2.23. The van der Waals surface area contributed by atoms with E-state index in [9.17, 15) is 0 Å². The van der Waals surface area contributed by atoms with Crippen LogP contribution in [0.4, 0.5) is 5.95 Å². The van der Waals surface area contributed by atoms with E-state index < -0.39 is 0 Å². The zero-order valence-corrected chi connectivity index (χ0v) is 19.3. The molecule has 1 atom stereocenters. The smallest absolute Gasteiger partial charge is 0.243 e. The first-order valence-corrected chi connectivity index (χ1v) is 11.9. The molecule has 0 radical (unpaired) electrons. The number of hydrogen-bond acceptors (Lipinski definition) is 4. The van der Waals surface area contributed by atoms with Crippen molar-refractivity contribution in [3.05, 3.63) is 65.1 Å². The molecule has 5 rings (SSSR count). The van der Waals surface area contributed by atoms with Crippen LogP contribution in [0, 0.1) is 13.8 Å². The fourth-order valence-electron chi connectivity index (χ4n) is 4.89. The Labute approximate surface area is 189 Å². The molecule has 4 aromatic rings. The predicted molar refractivity (Wildman–Crippen MR) is 129 cm³/mol. The van der Waals surface area contributed by atoms with E-state index in [1.807, 2.05) is 16.8 Å². The van der Waals surface area contributed by atoms with Crippen molar-refractivity contribution in [2.75, 3.05) is 5.32 Å². The molecular weight excluding hydrogens is 396 g/mol. The van der Waals surface area contributed by atoms with Gasteiger partial charge in [-0.1, -0.05) is 43.5 Å². The number of benzene rings is 1. The quantitative estimate of drug-likeness (QED) is 0.402. The van der Waals surface area contributed by atoms with Crippen LogP contribution in [0.15, 0.2) is 42.7 Å². The Kier molecular flexibility index (Phi) is 5.68. The number of nitrogens with zero attached hydrogens (tertiary/aromatic N) is 5. The first-order chi connectivity index (χ1) is 15.6. The van der Waals surface area contributed by atoms with Crippen molar-refractivity contribution in [3.8, 4) is 11.1 Å². The van der Waals surface area contributed by atoms with Gasteiger partial charge in [0.15, 0.2) is 5.65 Å². The average Bonchev–Trinajstić information content (AvgIpc) is 3.37. The van der Waals surface area contributed by atoms with Crippen LogP contribution in [-0.4, -0.2) is 30.4 Å². The molecule has 166 valence electrons. The summed E-state index contributed by atoms with van der Waals surface area (Å²) in [6.07, 6.45) is 10.9. The van der Waals surface area contributed by atoms with Gasteiger partial charge in [-0.05, 0) is 68.4 Å². The van der Waals surface area contributed by atoms with E-state index in [1.165, 1.54) is 47.2 Å². The van der Waals surface area contributed by atoms with Crippen LogP contribution < -0.4 is 5.32 Å². The lowest BCUT2D eigenvalue weighted by Gasteiger charge is -2.23. The highest BCUT2D eigenvalue weighted by molar-refractivity contribution is 5.80. The Balaban J connectivity index is 1.35.